The second kappa shape index (κ2) is 7.28. The zero-order chi connectivity index (χ0) is 15.2. The highest BCUT2D eigenvalue weighted by atomic mass is 19.4. The summed E-state index contributed by atoms with van der Waals surface area (Å²) in [5.41, 5.74) is 0. The van der Waals surface area contributed by atoms with E-state index in [1.807, 2.05) is 13.8 Å². The fraction of sp³-hybridized carbons (Fsp3) is 0.667. The van der Waals surface area contributed by atoms with Gasteiger partial charge in [0.1, 0.15) is 11.6 Å². The van der Waals surface area contributed by atoms with Crippen molar-refractivity contribution in [2.75, 3.05) is 37.4 Å². The summed E-state index contributed by atoms with van der Waals surface area (Å²) in [4.78, 5) is 6.81. The molecule has 0 unspecified atom stereocenters. The van der Waals surface area contributed by atoms with Crippen molar-refractivity contribution < 1.29 is 17.9 Å². The van der Waals surface area contributed by atoms with Gasteiger partial charge in [-0.3, -0.25) is 0 Å². The first-order valence-electron chi connectivity index (χ1n) is 6.28. The topological polar surface area (TPSA) is 59.1 Å². The fourth-order valence-corrected chi connectivity index (χ4v) is 1.36. The summed E-state index contributed by atoms with van der Waals surface area (Å²) in [5.74, 6) is -0.528. The molecule has 0 fully saturated rings. The Hall–Kier alpha value is -1.57. The lowest BCUT2D eigenvalue weighted by Gasteiger charge is -2.12. The maximum Gasteiger partial charge on any atom is 0.451 e. The number of hydrogen-bond donors (Lipinski definition) is 2. The molecule has 0 radical (unpaired) electrons. The molecule has 8 heteroatoms. The molecule has 1 aromatic rings. The Bertz CT molecular complexity index is 424. The second-order valence-corrected chi connectivity index (χ2v) is 4.61. The minimum absolute atomic E-state index is 0.109. The Morgan fingerprint density at radius 2 is 1.90 bits per heavy atom. The molecule has 20 heavy (non-hydrogen) atoms. The average Bonchev–Trinajstić information content (AvgIpc) is 2.36. The SMILES string of the molecule is CNc1cc(NCCOCC(C)C)nc(C(F)(F)F)n1. The van der Waals surface area contributed by atoms with Gasteiger partial charge >= 0.3 is 6.18 Å². The van der Waals surface area contributed by atoms with E-state index in [4.69, 9.17) is 4.74 Å². The standard InChI is InChI=1S/C12H19F3N4O/c1-8(2)7-20-5-4-17-10-6-9(16-3)18-11(19-10)12(13,14)15/h6,8H,4-5,7H2,1-3H3,(H2,16,17,18,19). The summed E-state index contributed by atoms with van der Waals surface area (Å²) in [5, 5.41) is 5.36. The van der Waals surface area contributed by atoms with Gasteiger partial charge in [0.05, 0.1) is 6.61 Å². The minimum atomic E-state index is -4.57. The molecule has 114 valence electrons. The van der Waals surface area contributed by atoms with Crippen LogP contribution in [0.4, 0.5) is 24.8 Å². The number of hydrogen-bond acceptors (Lipinski definition) is 5. The molecule has 0 aliphatic carbocycles. The molecule has 1 rings (SSSR count). The lowest BCUT2D eigenvalue weighted by Crippen LogP contribution is -2.17. The average molecular weight is 292 g/mol. The van der Waals surface area contributed by atoms with Gasteiger partial charge in [0.15, 0.2) is 0 Å². The molecule has 0 amide bonds. The number of rotatable bonds is 7. The molecule has 0 aliphatic heterocycles. The van der Waals surface area contributed by atoms with Crippen molar-refractivity contribution >= 4 is 11.6 Å². The number of nitrogens with zero attached hydrogens (tertiary/aromatic N) is 2. The summed E-state index contributed by atoms with van der Waals surface area (Å²) >= 11 is 0. The first-order chi connectivity index (χ1) is 9.32. The van der Waals surface area contributed by atoms with Crippen molar-refractivity contribution in [2.24, 2.45) is 5.92 Å². The largest absolute Gasteiger partial charge is 0.451 e. The number of nitrogens with one attached hydrogen (secondary N) is 2. The maximum atomic E-state index is 12.6. The van der Waals surface area contributed by atoms with Crippen LogP contribution in [0.15, 0.2) is 6.07 Å². The van der Waals surface area contributed by atoms with Crippen LogP contribution in [-0.4, -0.2) is 36.8 Å². The van der Waals surface area contributed by atoms with E-state index in [-0.39, 0.29) is 11.6 Å². The van der Waals surface area contributed by atoms with Gasteiger partial charge in [-0.1, -0.05) is 13.8 Å². The highest BCUT2D eigenvalue weighted by molar-refractivity contribution is 5.47. The summed E-state index contributed by atoms with van der Waals surface area (Å²) in [6.07, 6.45) is -4.57. The number of ether oxygens (including phenoxy) is 1. The third kappa shape index (κ3) is 5.60. The van der Waals surface area contributed by atoms with E-state index in [0.717, 1.165) is 0 Å². The van der Waals surface area contributed by atoms with Crippen LogP contribution >= 0.6 is 0 Å². The highest BCUT2D eigenvalue weighted by Crippen LogP contribution is 2.28. The zero-order valence-corrected chi connectivity index (χ0v) is 11.7. The second-order valence-electron chi connectivity index (χ2n) is 4.61. The van der Waals surface area contributed by atoms with E-state index in [9.17, 15) is 13.2 Å². The molecule has 0 saturated heterocycles. The summed E-state index contributed by atoms with van der Waals surface area (Å²) in [6, 6.07) is 1.41. The summed E-state index contributed by atoms with van der Waals surface area (Å²) in [6.45, 7) is 5.43. The number of anilines is 2. The summed E-state index contributed by atoms with van der Waals surface area (Å²) in [7, 11) is 1.50. The van der Waals surface area contributed by atoms with E-state index in [1.54, 1.807) is 0 Å². The first kappa shape index (κ1) is 16.5. The molecular formula is C12H19F3N4O. The molecule has 1 heterocycles. The Morgan fingerprint density at radius 1 is 1.25 bits per heavy atom. The lowest BCUT2D eigenvalue weighted by molar-refractivity contribution is -0.144. The maximum absolute atomic E-state index is 12.6. The Balaban J connectivity index is 2.61. The van der Waals surface area contributed by atoms with Crippen LogP contribution in [0.25, 0.3) is 0 Å². The third-order valence-electron chi connectivity index (χ3n) is 2.24. The minimum Gasteiger partial charge on any atom is -0.379 e. The lowest BCUT2D eigenvalue weighted by atomic mass is 10.2. The van der Waals surface area contributed by atoms with Crippen LogP contribution in [0, 0.1) is 5.92 Å². The third-order valence-corrected chi connectivity index (χ3v) is 2.24. The molecule has 0 aromatic carbocycles. The summed E-state index contributed by atoms with van der Waals surface area (Å²) < 4.78 is 43.2. The van der Waals surface area contributed by atoms with Crippen molar-refractivity contribution in [1.29, 1.82) is 0 Å². The van der Waals surface area contributed by atoms with Gasteiger partial charge in [0.2, 0.25) is 5.82 Å². The van der Waals surface area contributed by atoms with E-state index in [1.165, 1.54) is 13.1 Å². The highest BCUT2D eigenvalue weighted by Gasteiger charge is 2.35. The van der Waals surface area contributed by atoms with Crippen LogP contribution in [0.2, 0.25) is 0 Å². The predicted molar refractivity (Wildman–Crippen MR) is 70.7 cm³/mol. The van der Waals surface area contributed by atoms with Gasteiger partial charge in [-0.2, -0.15) is 13.2 Å². The van der Waals surface area contributed by atoms with E-state index >= 15 is 0 Å². The van der Waals surface area contributed by atoms with Crippen LogP contribution < -0.4 is 10.6 Å². The molecule has 0 spiro atoms. The first-order valence-corrected chi connectivity index (χ1v) is 6.28. The van der Waals surface area contributed by atoms with Gasteiger partial charge in [-0.15, -0.1) is 0 Å². The molecule has 0 saturated carbocycles. The normalized spacial score (nSPS) is 11.8. The smallest absolute Gasteiger partial charge is 0.379 e. The zero-order valence-electron chi connectivity index (χ0n) is 11.7. The Morgan fingerprint density at radius 3 is 2.45 bits per heavy atom. The van der Waals surface area contributed by atoms with Crippen molar-refractivity contribution in [1.82, 2.24) is 9.97 Å². The molecular weight excluding hydrogens is 273 g/mol. The van der Waals surface area contributed by atoms with Gasteiger partial charge < -0.3 is 15.4 Å². The van der Waals surface area contributed by atoms with Gasteiger partial charge in [0, 0.05) is 26.3 Å². The van der Waals surface area contributed by atoms with Crippen molar-refractivity contribution in [3.63, 3.8) is 0 Å². The fourth-order valence-electron chi connectivity index (χ4n) is 1.36. The van der Waals surface area contributed by atoms with Crippen molar-refractivity contribution in [3.05, 3.63) is 11.9 Å². The van der Waals surface area contributed by atoms with Crippen LogP contribution in [-0.2, 0) is 10.9 Å². The van der Waals surface area contributed by atoms with Gasteiger partial charge in [0.25, 0.3) is 0 Å². The van der Waals surface area contributed by atoms with Crippen molar-refractivity contribution in [3.8, 4) is 0 Å². The number of halogens is 3. The molecule has 0 bridgehead atoms. The number of aromatic nitrogens is 2. The quantitative estimate of drug-likeness (QED) is 0.757. The predicted octanol–water partition coefficient (Wildman–Crippen LogP) is 2.62. The monoisotopic (exact) mass is 292 g/mol. The van der Waals surface area contributed by atoms with Crippen LogP contribution in [0.5, 0.6) is 0 Å². The van der Waals surface area contributed by atoms with Crippen LogP contribution in [0.3, 0.4) is 0 Å². The van der Waals surface area contributed by atoms with Crippen molar-refractivity contribution in [2.45, 2.75) is 20.0 Å². The molecule has 0 atom stereocenters. The van der Waals surface area contributed by atoms with Gasteiger partial charge in [-0.05, 0) is 5.92 Å². The van der Waals surface area contributed by atoms with E-state index < -0.39 is 12.0 Å². The molecule has 0 aliphatic rings. The number of alkyl halides is 3. The molecule has 2 N–H and O–H groups in total. The van der Waals surface area contributed by atoms with E-state index in [0.29, 0.717) is 25.7 Å². The molecule has 5 nitrogen and oxygen atoms in total. The van der Waals surface area contributed by atoms with Gasteiger partial charge in [-0.25, -0.2) is 9.97 Å². The Kier molecular flexibility index (Phi) is 6.00. The van der Waals surface area contributed by atoms with Crippen LogP contribution in [0.1, 0.15) is 19.7 Å². The molecule has 1 aromatic heterocycles. The Labute approximate surface area is 116 Å². The van der Waals surface area contributed by atoms with E-state index in [2.05, 4.69) is 20.6 Å².